The van der Waals surface area contributed by atoms with Crippen molar-refractivity contribution in [1.29, 1.82) is 5.26 Å². The molecule has 1 amide bonds. The van der Waals surface area contributed by atoms with Gasteiger partial charge in [0.05, 0.1) is 23.8 Å². The molecule has 32 heavy (non-hydrogen) atoms. The van der Waals surface area contributed by atoms with Crippen LogP contribution in [0.15, 0.2) is 54.7 Å². The number of pyridine rings is 1. The highest BCUT2D eigenvalue weighted by molar-refractivity contribution is 6.04. The summed E-state index contributed by atoms with van der Waals surface area (Å²) in [7, 11) is 0. The molecule has 0 spiro atoms. The van der Waals surface area contributed by atoms with Gasteiger partial charge in [-0.15, -0.1) is 0 Å². The van der Waals surface area contributed by atoms with E-state index in [2.05, 4.69) is 24.8 Å². The van der Waals surface area contributed by atoms with Crippen molar-refractivity contribution < 1.29 is 9.53 Å². The number of aryl methyl sites for hydroxylation is 1. The van der Waals surface area contributed by atoms with Gasteiger partial charge in [-0.25, -0.2) is 4.98 Å². The van der Waals surface area contributed by atoms with E-state index in [0.717, 1.165) is 46.7 Å². The van der Waals surface area contributed by atoms with Gasteiger partial charge in [0.25, 0.3) is 0 Å². The summed E-state index contributed by atoms with van der Waals surface area (Å²) in [4.78, 5) is 19.2. The lowest BCUT2D eigenvalue weighted by Crippen LogP contribution is -2.45. The fourth-order valence-electron chi connectivity index (χ4n) is 4.38. The molecule has 2 aromatic carbocycles. The van der Waals surface area contributed by atoms with Gasteiger partial charge in [-0.1, -0.05) is 18.2 Å². The molecule has 1 saturated heterocycles. The van der Waals surface area contributed by atoms with Crippen LogP contribution in [0.4, 0.5) is 5.82 Å². The standard InChI is InChI=1S/C26H26N4O2/c1-16-4-10-22(26(28)31)25(24(16)20-7-5-19(12-27)6-8-20)21-9-11-23(29-13-21)30-14-17(2)32-18(3)15-30/h4-11,13,17-18H,14-15H2,1-3H3,(H2,28,31). The topological polar surface area (TPSA) is 92.2 Å². The molecule has 1 fully saturated rings. The van der Waals surface area contributed by atoms with Gasteiger partial charge in [-0.3, -0.25) is 4.79 Å². The van der Waals surface area contributed by atoms with Crippen molar-refractivity contribution >= 4 is 11.7 Å². The molecular formula is C26H26N4O2. The van der Waals surface area contributed by atoms with Crippen LogP contribution in [0.25, 0.3) is 22.3 Å². The fourth-order valence-corrected chi connectivity index (χ4v) is 4.38. The molecule has 2 atom stereocenters. The Labute approximate surface area is 188 Å². The molecule has 1 aliphatic heterocycles. The van der Waals surface area contributed by atoms with Crippen molar-refractivity contribution in [3.8, 4) is 28.3 Å². The summed E-state index contributed by atoms with van der Waals surface area (Å²) in [6, 6.07) is 17.1. The van der Waals surface area contributed by atoms with Crippen LogP contribution in [0.3, 0.4) is 0 Å². The Morgan fingerprint density at radius 1 is 1.03 bits per heavy atom. The maximum absolute atomic E-state index is 12.3. The quantitative estimate of drug-likeness (QED) is 0.671. The number of nitriles is 1. The first-order valence-electron chi connectivity index (χ1n) is 10.7. The summed E-state index contributed by atoms with van der Waals surface area (Å²) in [5.41, 5.74) is 11.2. The summed E-state index contributed by atoms with van der Waals surface area (Å²) in [6.45, 7) is 7.69. The van der Waals surface area contributed by atoms with Gasteiger partial charge in [0.1, 0.15) is 5.82 Å². The molecule has 4 rings (SSSR count). The Hall–Kier alpha value is -3.69. The van der Waals surface area contributed by atoms with Crippen molar-refractivity contribution in [1.82, 2.24) is 4.98 Å². The van der Waals surface area contributed by atoms with Crippen LogP contribution in [0.5, 0.6) is 0 Å². The van der Waals surface area contributed by atoms with Crippen LogP contribution in [-0.4, -0.2) is 36.2 Å². The maximum atomic E-state index is 12.3. The van der Waals surface area contributed by atoms with Crippen molar-refractivity contribution in [2.45, 2.75) is 33.0 Å². The van der Waals surface area contributed by atoms with Crippen molar-refractivity contribution in [2.24, 2.45) is 5.73 Å². The number of carbonyl (C=O) groups is 1. The minimum atomic E-state index is -0.491. The first kappa shape index (κ1) is 21.5. The van der Waals surface area contributed by atoms with Crippen molar-refractivity contribution in [3.63, 3.8) is 0 Å². The number of anilines is 1. The second-order valence-electron chi connectivity index (χ2n) is 8.30. The van der Waals surface area contributed by atoms with Crippen LogP contribution in [0.1, 0.15) is 35.3 Å². The Balaban J connectivity index is 1.81. The van der Waals surface area contributed by atoms with Gasteiger partial charge in [0.2, 0.25) is 5.91 Å². The normalized spacial score (nSPS) is 18.2. The minimum Gasteiger partial charge on any atom is -0.372 e. The van der Waals surface area contributed by atoms with E-state index < -0.39 is 5.91 Å². The van der Waals surface area contributed by atoms with Crippen molar-refractivity contribution in [3.05, 3.63) is 71.4 Å². The highest BCUT2D eigenvalue weighted by atomic mass is 16.5. The summed E-state index contributed by atoms with van der Waals surface area (Å²) < 4.78 is 5.83. The summed E-state index contributed by atoms with van der Waals surface area (Å²) >= 11 is 0. The number of primary amides is 1. The third-order valence-corrected chi connectivity index (χ3v) is 5.76. The van der Waals surface area contributed by atoms with Gasteiger partial charge in [0.15, 0.2) is 0 Å². The predicted molar refractivity (Wildman–Crippen MR) is 125 cm³/mol. The van der Waals surface area contributed by atoms with Crippen LogP contribution in [0.2, 0.25) is 0 Å². The number of rotatable bonds is 4. The Bertz CT molecular complexity index is 1170. The predicted octanol–water partition coefficient (Wildman–Crippen LogP) is 4.31. The molecule has 0 radical (unpaired) electrons. The Morgan fingerprint density at radius 2 is 1.69 bits per heavy atom. The van der Waals surface area contributed by atoms with Gasteiger partial charge in [-0.2, -0.15) is 5.26 Å². The van der Waals surface area contributed by atoms with E-state index in [1.807, 2.05) is 37.3 Å². The summed E-state index contributed by atoms with van der Waals surface area (Å²) in [5, 5.41) is 9.14. The zero-order valence-electron chi connectivity index (χ0n) is 18.5. The monoisotopic (exact) mass is 426 g/mol. The van der Waals surface area contributed by atoms with E-state index >= 15 is 0 Å². The molecule has 0 aliphatic carbocycles. The maximum Gasteiger partial charge on any atom is 0.249 e. The van der Waals surface area contributed by atoms with Crippen molar-refractivity contribution in [2.75, 3.05) is 18.0 Å². The average molecular weight is 427 g/mol. The lowest BCUT2D eigenvalue weighted by atomic mass is 9.87. The van der Waals surface area contributed by atoms with E-state index in [4.69, 9.17) is 20.7 Å². The number of morpholine rings is 1. The number of nitrogens with two attached hydrogens (primary N) is 1. The molecule has 6 nitrogen and oxygen atoms in total. The van der Waals surface area contributed by atoms with Gasteiger partial charge < -0.3 is 15.4 Å². The number of hydrogen-bond acceptors (Lipinski definition) is 5. The number of amides is 1. The Morgan fingerprint density at radius 3 is 2.25 bits per heavy atom. The number of ether oxygens (including phenoxy) is 1. The molecule has 2 N–H and O–H groups in total. The largest absolute Gasteiger partial charge is 0.372 e. The highest BCUT2D eigenvalue weighted by Gasteiger charge is 2.24. The fraction of sp³-hybridized carbons (Fsp3) is 0.269. The number of benzene rings is 2. The van der Waals surface area contributed by atoms with Crippen LogP contribution < -0.4 is 10.6 Å². The molecule has 1 aromatic heterocycles. The minimum absolute atomic E-state index is 0.140. The summed E-state index contributed by atoms with van der Waals surface area (Å²) in [6.07, 6.45) is 2.08. The van der Waals surface area contributed by atoms with E-state index in [1.165, 1.54) is 0 Å². The molecule has 3 aromatic rings. The molecule has 6 heteroatoms. The van der Waals surface area contributed by atoms with Gasteiger partial charge >= 0.3 is 0 Å². The van der Waals surface area contributed by atoms with Gasteiger partial charge in [0, 0.05) is 36.0 Å². The first-order chi connectivity index (χ1) is 15.4. The highest BCUT2D eigenvalue weighted by Crippen LogP contribution is 2.38. The molecule has 2 heterocycles. The number of aromatic nitrogens is 1. The number of carbonyl (C=O) groups excluding carboxylic acids is 1. The second kappa shape index (κ2) is 8.81. The van der Waals surface area contributed by atoms with E-state index in [9.17, 15) is 4.79 Å². The first-order valence-corrected chi connectivity index (χ1v) is 10.7. The molecular weight excluding hydrogens is 400 g/mol. The lowest BCUT2D eigenvalue weighted by molar-refractivity contribution is -0.00545. The summed E-state index contributed by atoms with van der Waals surface area (Å²) in [5.74, 6) is 0.388. The zero-order chi connectivity index (χ0) is 22.8. The number of hydrogen-bond donors (Lipinski definition) is 1. The average Bonchev–Trinajstić information content (AvgIpc) is 2.78. The van der Waals surface area contributed by atoms with E-state index in [-0.39, 0.29) is 12.2 Å². The SMILES string of the molecule is Cc1ccc(C(N)=O)c(-c2ccc(N3CC(C)OC(C)C3)nc2)c1-c1ccc(C#N)cc1. The number of nitrogens with zero attached hydrogens (tertiary/aromatic N) is 3. The molecule has 2 unspecified atom stereocenters. The van der Waals surface area contributed by atoms with Crippen LogP contribution in [-0.2, 0) is 4.74 Å². The zero-order valence-corrected chi connectivity index (χ0v) is 18.5. The third-order valence-electron chi connectivity index (χ3n) is 5.76. The molecule has 0 saturated carbocycles. The molecule has 162 valence electrons. The lowest BCUT2D eigenvalue weighted by Gasteiger charge is -2.36. The van der Waals surface area contributed by atoms with Crippen LogP contribution >= 0.6 is 0 Å². The molecule has 1 aliphatic rings. The Kier molecular flexibility index (Phi) is 5.93. The van der Waals surface area contributed by atoms with E-state index in [0.29, 0.717) is 11.1 Å². The van der Waals surface area contributed by atoms with E-state index in [1.54, 1.807) is 24.4 Å². The van der Waals surface area contributed by atoms with Crippen LogP contribution in [0, 0.1) is 18.3 Å². The smallest absolute Gasteiger partial charge is 0.249 e. The van der Waals surface area contributed by atoms with Gasteiger partial charge in [-0.05, 0) is 67.8 Å². The molecule has 0 bridgehead atoms. The second-order valence-corrected chi connectivity index (χ2v) is 8.30. The third kappa shape index (κ3) is 4.20.